The lowest BCUT2D eigenvalue weighted by Crippen LogP contribution is -2.10. The number of hydrogen-bond donors (Lipinski definition) is 1. The molecule has 1 nitrogen and oxygen atoms in total. The van der Waals surface area contributed by atoms with Crippen LogP contribution in [0.5, 0.6) is 0 Å². The quantitative estimate of drug-likeness (QED) is 0.824. The molecule has 0 aliphatic rings. The monoisotopic (exact) mass is 258 g/mol. The van der Waals surface area contributed by atoms with E-state index in [4.69, 9.17) is 0 Å². The zero-order valence-corrected chi connectivity index (χ0v) is 9.30. The molecule has 1 unspecified atom stereocenters. The van der Waals surface area contributed by atoms with Crippen molar-refractivity contribution < 1.29 is 9.50 Å². The average Bonchev–Trinajstić information content (AvgIpc) is 2.10. The normalized spacial score (nSPS) is 12.5. The van der Waals surface area contributed by atoms with Crippen molar-refractivity contribution in [2.45, 2.75) is 18.9 Å². The van der Waals surface area contributed by atoms with E-state index in [-0.39, 0.29) is 5.82 Å². The Morgan fingerprint density at radius 3 is 2.86 bits per heavy atom. The highest BCUT2D eigenvalue weighted by Gasteiger charge is 2.08. The van der Waals surface area contributed by atoms with Gasteiger partial charge in [-0.2, -0.15) is 0 Å². The molecule has 1 atom stereocenters. The number of aliphatic hydroxyl groups excluding tert-OH is 1. The zero-order valence-electron chi connectivity index (χ0n) is 7.71. The summed E-state index contributed by atoms with van der Waals surface area (Å²) in [5, 5.41) is 9.45. The van der Waals surface area contributed by atoms with Gasteiger partial charge in [0.15, 0.2) is 0 Å². The minimum absolute atomic E-state index is 0.289. The molecular weight excluding hydrogens is 247 g/mol. The second kappa shape index (κ2) is 5.27. The van der Waals surface area contributed by atoms with Crippen LogP contribution >= 0.6 is 15.9 Å². The van der Waals surface area contributed by atoms with Gasteiger partial charge in [-0.25, -0.2) is 4.39 Å². The van der Waals surface area contributed by atoms with Gasteiger partial charge in [0.1, 0.15) is 5.82 Å². The van der Waals surface area contributed by atoms with Crippen LogP contribution in [0.25, 0.3) is 0 Å². The Balaban J connectivity index is 2.71. The topological polar surface area (TPSA) is 20.2 Å². The number of halogens is 2. The van der Waals surface area contributed by atoms with Gasteiger partial charge in [-0.3, -0.25) is 0 Å². The molecule has 0 heterocycles. The fourth-order valence-corrected chi connectivity index (χ4v) is 1.55. The molecule has 3 heteroatoms. The standard InChI is InChI=1S/C11H12BrFO/c1-2-3-10(14)6-8-4-5-9(12)7-11(8)13/h2,4-5,7,10,14H,1,3,6H2. The second-order valence-electron chi connectivity index (χ2n) is 3.12. The molecule has 1 rings (SSSR count). The van der Waals surface area contributed by atoms with Gasteiger partial charge in [-0.05, 0) is 24.1 Å². The highest BCUT2D eigenvalue weighted by Crippen LogP contribution is 2.17. The third-order valence-electron chi connectivity index (χ3n) is 1.91. The van der Waals surface area contributed by atoms with E-state index >= 15 is 0 Å². The summed E-state index contributed by atoms with van der Waals surface area (Å²) in [4.78, 5) is 0. The Kier molecular flexibility index (Phi) is 4.29. The minimum Gasteiger partial charge on any atom is -0.392 e. The largest absolute Gasteiger partial charge is 0.392 e. The summed E-state index contributed by atoms with van der Waals surface area (Å²) in [5.74, 6) is -0.289. The molecular formula is C11H12BrFO. The maximum absolute atomic E-state index is 13.3. The summed E-state index contributed by atoms with van der Waals surface area (Å²) in [5.41, 5.74) is 0.530. The third kappa shape index (κ3) is 3.24. The Bertz CT molecular complexity index is 325. The Hall–Kier alpha value is -0.670. The molecule has 0 radical (unpaired) electrons. The van der Waals surface area contributed by atoms with Crippen LogP contribution < -0.4 is 0 Å². The van der Waals surface area contributed by atoms with E-state index in [1.165, 1.54) is 6.07 Å². The SMILES string of the molecule is C=CCC(O)Cc1ccc(Br)cc1F. The number of aliphatic hydroxyl groups is 1. The molecule has 0 aliphatic heterocycles. The molecule has 0 bridgehead atoms. The van der Waals surface area contributed by atoms with Gasteiger partial charge in [0, 0.05) is 10.9 Å². The van der Waals surface area contributed by atoms with E-state index in [2.05, 4.69) is 22.5 Å². The molecule has 1 aromatic rings. The van der Waals surface area contributed by atoms with Crippen molar-refractivity contribution in [1.82, 2.24) is 0 Å². The van der Waals surface area contributed by atoms with Crippen LogP contribution in [0.15, 0.2) is 35.3 Å². The lowest BCUT2D eigenvalue weighted by molar-refractivity contribution is 0.177. The first-order valence-electron chi connectivity index (χ1n) is 4.36. The smallest absolute Gasteiger partial charge is 0.127 e. The van der Waals surface area contributed by atoms with Crippen LogP contribution in [0.2, 0.25) is 0 Å². The zero-order chi connectivity index (χ0) is 10.6. The van der Waals surface area contributed by atoms with Gasteiger partial charge in [0.25, 0.3) is 0 Å². The lowest BCUT2D eigenvalue weighted by Gasteiger charge is -2.08. The van der Waals surface area contributed by atoms with E-state index in [0.29, 0.717) is 22.9 Å². The predicted molar refractivity (Wildman–Crippen MR) is 58.6 cm³/mol. The maximum Gasteiger partial charge on any atom is 0.127 e. The summed E-state index contributed by atoms with van der Waals surface area (Å²) in [6.07, 6.45) is 1.88. The first-order chi connectivity index (χ1) is 6.63. The van der Waals surface area contributed by atoms with Crippen molar-refractivity contribution in [2.24, 2.45) is 0 Å². The third-order valence-corrected chi connectivity index (χ3v) is 2.40. The van der Waals surface area contributed by atoms with Crippen molar-refractivity contribution in [3.63, 3.8) is 0 Å². The van der Waals surface area contributed by atoms with Crippen LogP contribution in [0, 0.1) is 5.82 Å². The van der Waals surface area contributed by atoms with Gasteiger partial charge in [-0.1, -0.05) is 28.1 Å². The second-order valence-corrected chi connectivity index (χ2v) is 4.03. The number of benzene rings is 1. The molecule has 14 heavy (non-hydrogen) atoms. The maximum atomic E-state index is 13.3. The van der Waals surface area contributed by atoms with E-state index in [1.54, 1.807) is 18.2 Å². The molecule has 0 aromatic heterocycles. The van der Waals surface area contributed by atoms with Crippen molar-refractivity contribution >= 4 is 15.9 Å². The summed E-state index contributed by atoms with van der Waals surface area (Å²) in [6.45, 7) is 3.52. The average molecular weight is 259 g/mol. The Morgan fingerprint density at radius 2 is 2.29 bits per heavy atom. The van der Waals surface area contributed by atoms with Crippen LogP contribution in [0.1, 0.15) is 12.0 Å². The summed E-state index contributed by atoms with van der Waals surface area (Å²) < 4.78 is 14.0. The van der Waals surface area contributed by atoms with Crippen LogP contribution in [0.4, 0.5) is 4.39 Å². The van der Waals surface area contributed by atoms with Gasteiger partial charge in [0.2, 0.25) is 0 Å². The highest BCUT2D eigenvalue weighted by atomic mass is 79.9. The molecule has 1 N–H and O–H groups in total. The molecule has 0 saturated carbocycles. The van der Waals surface area contributed by atoms with Crippen LogP contribution in [-0.2, 0) is 6.42 Å². The molecule has 0 aliphatic carbocycles. The molecule has 76 valence electrons. The van der Waals surface area contributed by atoms with Crippen molar-refractivity contribution in [3.05, 3.63) is 46.7 Å². The van der Waals surface area contributed by atoms with E-state index in [0.717, 1.165) is 0 Å². The lowest BCUT2D eigenvalue weighted by atomic mass is 10.1. The van der Waals surface area contributed by atoms with E-state index in [1.807, 2.05) is 0 Å². The molecule has 0 amide bonds. The van der Waals surface area contributed by atoms with Gasteiger partial charge in [0.05, 0.1) is 6.10 Å². The Labute approximate surface area is 91.4 Å². The van der Waals surface area contributed by atoms with Crippen LogP contribution in [0.3, 0.4) is 0 Å². The summed E-state index contributed by atoms with van der Waals surface area (Å²) in [7, 11) is 0. The Morgan fingerprint density at radius 1 is 1.57 bits per heavy atom. The van der Waals surface area contributed by atoms with Crippen molar-refractivity contribution in [2.75, 3.05) is 0 Å². The first-order valence-corrected chi connectivity index (χ1v) is 5.15. The fourth-order valence-electron chi connectivity index (χ4n) is 1.22. The molecule has 0 fully saturated rings. The first kappa shape index (κ1) is 11.4. The van der Waals surface area contributed by atoms with E-state index in [9.17, 15) is 9.50 Å². The predicted octanol–water partition coefficient (Wildman–Crippen LogP) is 3.07. The van der Waals surface area contributed by atoms with Gasteiger partial charge < -0.3 is 5.11 Å². The van der Waals surface area contributed by atoms with Crippen molar-refractivity contribution in [1.29, 1.82) is 0 Å². The molecule has 0 saturated heterocycles. The van der Waals surface area contributed by atoms with E-state index < -0.39 is 6.10 Å². The fraction of sp³-hybridized carbons (Fsp3) is 0.273. The number of hydrogen-bond acceptors (Lipinski definition) is 1. The van der Waals surface area contributed by atoms with Crippen LogP contribution in [-0.4, -0.2) is 11.2 Å². The van der Waals surface area contributed by atoms with Gasteiger partial charge >= 0.3 is 0 Å². The molecule has 1 aromatic carbocycles. The summed E-state index contributed by atoms with van der Waals surface area (Å²) in [6, 6.07) is 4.83. The van der Waals surface area contributed by atoms with Crippen molar-refractivity contribution in [3.8, 4) is 0 Å². The number of rotatable bonds is 4. The highest BCUT2D eigenvalue weighted by molar-refractivity contribution is 9.10. The minimum atomic E-state index is -0.553. The molecule has 0 spiro atoms. The van der Waals surface area contributed by atoms with Gasteiger partial charge in [-0.15, -0.1) is 6.58 Å². The summed E-state index contributed by atoms with van der Waals surface area (Å²) >= 11 is 3.17.